The Kier molecular flexibility index (Phi) is 5.64. The van der Waals surface area contributed by atoms with E-state index in [0.29, 0.717) is 5.92 Å². The summed E-state index contributed by atoms with van der Waals surface area (Å²) in [6.07, 6.45) is 2.63. The van der Waals surface area contributed by atoms with Gasteiger partial charge in [0.2, 0.25) is 0 Å². The first kappa shape index (κ1) is 9.92. The highest BCUT2D eigenvalue weighted by Crippen LogP contribution is 1.94. The first-order chi connectivity index (χ1) is 4.68. The minimum atomic E-state index is 0.173. The van der Waals surface area contributed by atoms with Crippen LogP contribution in [0.4, 0.5) is 0 Å². The van der Waals surface area contributed by atoms with Gasteiger partial charge < -0.3 is 11.1 Å². The van der Waals surface area contributed by atoms with Crippen LogP contribution in [0.15, 0.2) is 0 Å². The van der Waals surface area contributed by atoms with Crippen molar-refractivity contribution in [3.05, 3.63) is 0 Å². The molecule has 0 amide bonds. The number of nitrogens with one attached hydrogen (secondary N) is 1. The van der Waals surface area contributed by atoms with Crippen molar-refractivity contribution >= 4 is 0 Å². The fourth-order valence-electron chi connectivity index (χ4n) is 0.681. The molecule has 10 heavy (non-hydrogen) atoms. The zero-order valence-electron chi connectivity index (χ0n) is 7.35. The van der Waals surface area contributed by atoms with Crippen molar-refractivity contribution < 1.29 is 0 Å². The van der Waals surface area contributed by atoms with Gasteiger partial charge >= 0.3 is 0 Å². The Hall–Kier alpha value is -0.0800. The molecule has 3 N–H and O–H groups in total. The van der Waals surface area contributed by atoms with Gasteiger partial charge in [0, 0.05) is 0 Å². The standard InChI is InChI=1S/C8H20N2/c1-4-5-6-10-8(9)7(2)3/h7-8,10H,4-6,9H2,1-3H3. The maximum atomic E-state index is 5.75. The smallest absolute Gasteiger partial charge is 0.0569 e. The summed E-state index contributed by atoms with van der Waals surface area (Å²) in [4.78, 5) is 0. The zero-order valence-corrected chi connectivity index (χ0v) is 7.35. The molecule has 0 rings (SSSR count). The second-order valence-electron chi connectivity index (χ2n) is 3.08. The Labute approximate surface area is 64.2 Å². The van der Waals surface area contributed by atoms with E-state index in [0.717, 1.165) is 6.54 Å². The Bertz CT molecular complexity index is 71.7. The minimum absolute atomic E-state index is 0.173. The molecule has 0 aromatic carbocycles. The summed E-state index contributed by atoms with van der Waals surface area (Å²) in [7, 11) is 0. The predicted molar refractivity (Wildman–Crippen MR) is 45.7 cm³/mol. The lowest BCUT2D eigenvalue weighted by molar-refractivity contribution is 0.407. The molecule has 1 atom stereocenters. The Morgan fingerprint density at radius 3 is 2.40 bits per heavy atom. The molecule has 0 radical (unpaired) electrons. The number of nitrogens with two attached hydrogens (primary N) is 1. The van der Waals surface area contributed by atoms with E-state index in [1.165, 1.54) is 12.8 Å². The van der Waals surface area contributed by atoms with Crippen molar-refractivity contribution in [2.75, 3.05) is 6.54 Å². The van der Waals surface area contributed by atoms with Crippen LogP contribution in [0.1, 0.15) is 33.6 Å². The molecular weight excluding hydrogens is 124 g/mol. The van der Waals surface area contributed by atoms with Gasteiger partial charge in [0.1, 0.15) is 0 Å². The molecular formula is C8H20N2. The molecule has 0 spiro atoms. The van der Waals surface area contributed by atoms with Crippen LogP contribution >= 0.6 is 0 Å². The quantitative estimate of drug-likeness (QED) is 0.451. The molecule has 2 heteroatoms. The van der Waals surface area contributed by atoms with Gasteiger partial charge in [0.25, 0.3) is 0 Å². The van der Waals surface area contributed by atoms with Crippen LogP contribution in [0.2, 0.25) is 0 Å². The molecule has 0 bridgehead atoms. The third-order valence-corrected chi connectivity index (χ3v) is 1.63. The van der Waals surface area contributed by atoms with E-state index in [2.05, 4.69) is 26.1 Å². The van der Waals surface area contributed by atoms with E-state index >= 15 is 0 Å². The largest absolute Gasteiger partial charge is 0.316 e. The number of hydrogen-bond donors (Lipinski definition) is 2. The van der Waals surface area contributed by atoms with Crippen molar-refractivity contribution in [2.45, 2.75) is 39.8 Å². The van der Waals surface area contributed by atoms with Crippen molar-refractivity contribution in [1.82, 2.24) is 5.32 Å². The summed E-state index contributed by atoms with van der Waals surface area (Å²) in [5, 5.41) is 3.26. The Morgan fingerprint density at radius 2 is 2.00 bits per heavy atom. The highest BCUT2D eigenvalue weighted by molar-refractivity contribution is 4.61. The molecule has 2 nitrogen and oxygen atoms in total. The molecule has 62 valence electrons. The van der Waals surface area contributed by atoms with E-state index in [9.17, 15) is 0 Å². The molecule has 0 saturated carbocycles. The van der Waals surface area contributed by atoms with Crippen molar-refractivity contribution in [3.63, 3.8) is 0 Å². The summed E-state index contributed by atoms with van der Waals surface area (Å²) < 4.78 is 0. The molecule has 1 unspecified atom stereocenters. The molecule has 0 heterocycles. The fraction of sp³-hybridized carbons (Fsp3) is 1.00. The summed E-state index contributed by atoms with van der Waals surface area (Å²) in [6, 6.07) is 0. The van der Waals surface area contributed by atoms with Gasteiger partial charge in [-0.1, -0.05) is 27.2 Å². The lowest BCUT2D eigenvalue weighted by Crippen LogP contribution is -2.42. The topological polar surface area (TPSA) is 38.0 Å². The monoisotopic (exact) mass is 144 g/mol. The van der Waals surface area contributed by atoms with E-state index < -0.39 is 0 Å². The van der Waals surface area contributed by atoms with E-state index in [-0.39, 0.29) is 6.17 Å². The summed E-state index contributed by atoms with van der Waals surface area (Å²) in [6.45, 7) is 7.49. The second kappa shape index (κ2) is 5.69. The van der Waals surface area contributed by atoms with Gasteiger partial charge in [-0.3, -0.25) is 0 Å². The van der Waals surface area contributed by atoms with Crippen LogP contribution in [-0.4, -0.2) is 12.7 Å². The molecule has 0 aliphatic heterocycles. The van der Waals surface area contributed by atoms with Crippen molar-refractivity contribution in [3.8, 4) is 0 Å². The predicted octanol–water partition coefficient (Wildman–Crippen LogP) is 1.32. The normalized spacial score (nSPS) is 14.1. The molecule has 0 aliphatic carbocycles. The molecule has 0 saturated heterocycles. The maximum Gasteiger partial charge on any atom is 0.0569 e. The molecule has 0 aromatic rings. The number of rotatable bonds is 5. The van der Waals surface area contributed by atoms with Crippen molar-refractivity contribution in [2.24, 2.45) is 11.7 Å². The summed E-state index contributed by atoms with van der Waals surface area (Å²) >= 11 is 0. The number of unbranched alkanes of at least 4 members (excludes halogenated alkanes) is 1. The van der Waals surface area contributed by atoms with Gasteiger partial charge in [0.05, 0.1) is 6.17 Å². The zero-order chi connectivity index (χ0) is 7.98. The van der Waals surface area contributed by atoms with Gasteiger partial charge in [0.15, 0.2) is 0 Å². The van der Waals surface area contributed by atoms with E-state index in [1.54, 1.807) is 0 Å². The first-order valence-corrected chi connectivity index (χ1v) is 4.17. The molecule has 0 fully saturated rings. The van der Waals surface area contributed by atoms with Crippen LogP contribution in [0.25, 0.3) is 0 Å². The fourth-order valence-corrected chi connectivity index (χ4v) is 0.681. The number of hydrogen-bond acceptors (Lipinski definition) is 2. The highest BCUT2D eigenvalue weighted by atomic mass is 15.0. The molecule has 0 aliphatic rings. The summed E-state index contributed by atoms with van der Waals surface area (Å²) in [5.74, 6) is 0.539. The van der Waals surface area contributed by atoms with Gasteiger partial charge in [-0.05, 0) is 18.9 Å². The summed E-state index contributed by atoms with van der Waals surface area (Å²) in [5.41, 5.74) is 5.75. The maximum absolute atomic E-state index is 5.75. The van der Waals surface area contributed by atoms with Crippen LogP contribution in [0.5, 0.6) is 0 Å². The third-order valence-electron chi connectivity index (χ3n) is 1.63. The van der Waals surface area contributed by atoms with Gasteiger partial charge in [-0.15, -0.1) is 0 Å². The van der Waals surface area contributed by atoms with E-state index in [1.807, 2.05) is 0 Å². The van der Waals surface area contributed by atoms with Crippen LogP contribution in [0.3, 0.4) is 0 Å². The second-order valence-corrected chi connectivity index (χ2v) is 3.08. The average Bonchev–Trinajstić information content (AvgIpc) is 1.88. The van der Waals surface area contributed by atoms with Crippen molar-refractivity contribution in [1.29, 1.82) is 0 Å². The third kappa shape index (κ3) is 4.77. The van der Waals surface area contributed by atoms with Crippen LogP contribution < -0.4 is 11.1 Å². The van der Waals surface area contributed by atoms with E-state index in [4.69, 9.17) is 5.73 Å². The first-order valence-electron chi connectivity index (χ1n) is 4.17. The SMILES string of the molecule is CCCCNC(N)C(C)C. The lowest BCUT2D eigenvalue weighted by Gasteiger charge is -2.16. The van der Waals surface area contributed by atoms with Gasteiger partial charge in [-0.25, -0.2) is 0 Å². The van der Waals surface area contributed by atoms with Gasteiger partial charge in [-0.2, -0.15) is 0 Å². The minimum Gasteiger partial charge on any atom is -0.316 e. The average molecular weight is 144 g/mol. The molecule has 0 aromatic heterocycles. The van der Waals surface area contributed by atoms with Crippen LogP contribution in [0, 0.1) is 5.92 Å². The lowest BCUT2D eigenvalue weighted by atomic mass is 10.1. The highest BCUT2D eigenvalue weighted by Gasteiger charge is 2.03. The van der Waals surface area contributed by atoms with Crippen LogP contribution in [-0.2, 0) is 0 Å². The Morgan fingerprint density at radius 1 is 1.40 bits per heavy atom. The Balaban J connectivity index is 3.13.